The van der Waals surface area contributed by atoms with Gasteiger partial charge >= 0.3 is 0 Å². The van der Waals surface area contributed by atoms with Crippen LogP contribution in [0.5, 0.6) is 0 Å². The number of likely N-dealkylation sites (N-methyl/N-ethyl adjacent to an activating group) is 1. The number of aryl methyl sites for hydroxylation is 1. The first-order valence-electron chi connectivity index (χ1n) is 7.51. The third-order valence-electron chi connectivity index (χ3n) is 3.89. The van der Waals surface area contributed by atoms with Crippen molar-refractivity contribution in [2.45, 2.75) is 33.4 Å². The van der Waals surface area contributed by atoms with E-state index in [1.807, 2.05) is 50.9 Å². The molecular weight excluding hydrogens is 264 g/mol. The normalized spacial score (nSPS) is 12.6. The fourth-order valence-corrected chi connectivity index (χ4v) is 2.49. The number of para-hydroxylation sites is 2. The summed E-state index contributed by atoms with van der Waals surface area (Å²) < 4.78 is 2.07. The lowest BCUT2D eigenvalue weighted by molar-refractivity contribution is -0.132. The number of rotatable bonds is 6. The van der Waals surface area contributed by atoms with Gasteiger partial charge < -0.3 is 9.47 Å². The van der Waals surface area contributed by atoms with Gasteiger partial charge in [0.1, 0.15) is 5.82 Å². The van der Waals surface area contributed by atoms with E-state index >= 15 is 0 Å². The quantitative estimate of drug-likeness (QED) is 0.883. The largest absolute Gasteiger partial charge is 0.342 e. The average molecular weight is 288 g/mol. The zero-order chi connectivity index (χ0) is 15.4. The van der Waals surface area contributed by atoms with Gasteiger partial charge in [0, 0.05) is 20.1 Å². The molecule has 1 atom stereocenters. The molecule has 0 saturated heterocycles. The van der Waals surface area contributed by atoms with Gasteiger partial charge in [-0.1, -0.05) is 12.1 Å². The minimum Gasteiger partial charge on any atom is -0.342 e. The van der Waals surface area contributed by atoms with Crippen LogP contribution in [-0.2, 0) is 18.4 Å². The molecule has 0 spiro atoms. The SMILES string of the molecule is CCN(CC)C(=O)C(C)NCc1nc2ccccc2n1C. The highest BCUT2D eigenvalue weighted by Gasteiger charge is 2.18. The first kappa shape index (κ1) is 15.5. The summed E-state index contributed by atoms with van der Waals surface area (Å²) in [5.74, 6) is 1.08. The summed E-state index contributed by atoms with van der Waals surface area (Å²) in [7, 11) is 2.00. The topological polar surface area (TPSA) is 50.2 Å². The number of nitrogens with zero attached hydrogens (tertiary/aromatic N) is 3. The maximum atomic E-state index is 12.2. The lowest BCUT2D eigenvalue weighted by Gasteiger charge is -2.23. The zero-order valence-corrected chi connectivity index (χ0v) is 13.3. The van der Waals surface area contributed by atoms with Crippen molar-refractivity contribution in [2.75, 3.05) is 13.1 Å². The Morgan fingerprint density at radius 1 is 1.33 bits per heavy atom. The summed E-state index contributed by atoms with van der Waals surface area (Å²) >= 11 is 0. The van der Waals surface area contributed by atoms with Crippen LogP contribution in [0.4, 0.5) is 0 Å². The molecule has 0 fully saturated rings. The van der Waals surface area contributed by atoms with E-state index in [1.165, 1.54) is 0 Å². The molecule has 0 aliphatic heterocycles. The van der Waals surface area contributed by atoms with Gasteiger partial charge in [-0.2, -0.15) is 0 Å². The number of hydrogen-bond donors (Lipinski definition) is 1. The first-order valence-corrected chi connectivity index (χ1v) is 7.51. The Hall–Kier alpha value is -1.88. The molecule has 5 heteroatoms. The highest BCUT2D eigenvalue weighted by Crippen LogP contribution is 2.14. The van der Waals surface area contributed by atoms with Gasteiger partial charge in [0.25, 0.3) is 0 Å². The zero-order valence-electron chi connectivity index (χ0n) is 13.3. The molecule has 114 valence electrons. The van der Waals surface area contributed by atoms with Gasteiger partial charge in [-0.25, -0.2) is 4.98 Å². The van der Waals surface area contributed by atoms with Crippen molar-refractivity contribution < 1.29 is 4.79 Å². The Balaban J connectivity index is 2.04. The van der Waals surface area contributed by atoms with Crippen molar-refractivity contribution in [2.24, 2.45) is 7.05 Å². The average Bonchev–Trinajstić information content (AvgIpc) is 2.83. The van der Waals surface area contributed by atoms with Crippen LogP contribution >= 0.6 is 0 Å². The first-order chi connectivity index (χ1) is 10.1. The van der Waals surface area contributed by atoms with Crippen molar-refractivity contribution in [3.8, 4) is 0 Å². The van der Waals surface area contributed by atoms with Crippen LogP contribution in [0.1, 0.15) is 26.6 Å². The number of imidazole rings is 1. The molecule has 0 aliphatic carbocycles. The molecule has 21 heavy (non-hydrogen) atoms. The number of amides is 1. The number of carbonyl (C=O) groups is 1. The third kappa shape index (κ3) is 3.24. The summed E-state index contributed by atoms with van der Waals surface area (Å²) in [6.07, 6.45) is 0. The van der Waals surface area contributed by atoms with Crippen LogP contribution in [-0.4, -0.2) is 39.5 Å². The second kappa shape index (κ2) is 6.72. The Labute approximate surface area is 126 Å². The fraction of sp³-hybridized carbons (Fsp3) is 0.500. The minimum absolute atomic E-state index is 0.138. The van der Waals surface area contributed by atoms with E-state index in [0.717, 1.165) is 29.9 Å². The monoisotopic (exact) mass is 288 g/mol. The van der Waals surface area contributed by atoms with E-state index in [0.29, 0.717) is 6.54 Å². The molecule has 1 unspecified atom stereocenters. The van der Waals surface area contributed by atoms with Gasteiger partial charge in [0.2, 0.25) is 5.91 Å². The van der Waals surface area contributed by atoms with E-state index in [4.69, 9.17) is 0 Å². The molecule has 0 aliphatic rings. The molecule has 1 aromatic heterocycles. The van der Waals surface area contributed by atoms with Crippen LogP contribution < -0.4 is 5.32 Å². The number of aromatic nitrogens is 2. The summed E-state index contributed by atoms with van der Waals surface area (Å²) in [6.45, 7) is 7.98. The molecule has 0 radical (unpaired) electrons. The predicted octanol–water partition coefficient (Wildman–Crippen LogP) is 1.92. The molecule has 0 saturated carbocycles. The van der Waals surface area contributed by atoms with E-state index in [9.17, 15) is 4.79 Å². The number of fused-ring (bicyclic) bond motifs is 1. The maximum absolute atomic E-state index is 12.2. The molecule has 1 amide bonds. The van der Waals surface area contributed by atoms with Crippen molar-refractivity contribution in [3.63, 3.8) is 0 Å². The van der Waals surface area contributed by atoms with Crippen LogP contribution in [0.3, 0.4) is 0 Å². The molecule has 2 rings (SSSR count). The lowest BCUT2D eigenvalue weighted by atomic mass is 10.2. The van der Waals surface area contributed by atoms with Crippen molar-refractivity contribution in [3.05, 3.63) is 30.1 Å². The molecular formula is C16H24N4O. The maximum Gasteiger partial charge on any atom is 0.239 e. The van der Waals surface area contributed by atoms with Crippen molar-refractivity contribution >= 4 is 16.9 Å². The van der Waals surface area contributed by atoms with Gasteiger partial charge in [-0.05, 0) is 32.9 Å². The van der Waals surface area contributed by atoms with Crippen LogP contribution in [0, 0.1) is 0 Å². The van der Waals surface area contributed by atoms with Gasteiger partial charge in [0.05, 0.1) is 23.6 Å². The summed E-state index contributed by atoms with van der Waals surface area (Å²) in [5.41, 5.74) is 2.09. The molecule has 0 bridgehead atoms. The van der Waals surface area contributed by atoms with Crippen molar-refractivity contribution in [1.82, 2.24) is 19.8 Å². The molecule has 1 N–H and O–H groups in total. The molecule has 2 aromatic rings. The van der Waals surface area contributed by atoms with E-state index in [1.54, 1.807) is 0 Å². The molecule has 5 nitrogen and oxygen atoms in total. The summed E-state index contributed by atoms with van der Waals surface area (Å²) in [6, 6.07) is 7.84. The van der Waals surface area contributed by atoms with E-state index in [-0.39, 0.29) is 11.9 Å². The number of benzene rings is 1. The fourth-order valence-electron chi connectivity index (χ4n) is 2.49. The van der Waals surface area contributed by atoms with E-state index in [2.05, 4.69) is 20.9 Å². The predicted molar refractivity (Wildman–Crippen MR) is 84.9 cm³/mol. The van der Waals surface area contributed by atoms with Crippen LogP contribution in [0.15, 0.2) is 24.3 Å². The van der Waals surface area contributed by atoms with Gasteiger partial charge in [-0.3, -0.25) is 10.1 Å². The highest BCUT2D eigenvalue weighted by molar-refractivity contribution is 5.81. The Morgan fingerprint density at radius 2 is 2.00 bits per heavy atom. The molecule has 1 heterocycles. The lowest BCUT2D eigenvalue weighted by Crippen LogP contribution is -2.44. The summed E-state index contributed by atoms with van der Waals surface area (Å²) in [5, 5.41) is 3.28. The number of carbonyl (C=O) groups excluding carboxylic acids is 1. The number of hydrogen-bond acceptors (Lipinski definition) is 3. The number of nitrogens with one attached hydrogen (secondary N) is 1. The van der Waals surface area contributed by atoms with Crippen LogP contribution in [0.25, 0.3) is 11.0 Å². The second-order valence-corrected chi connectivity index (χ2v) is 5.19. The highest BCUT2D eigenvalue weighted by atomic mass is 16.2. The minimum atomic E-state index is -0.204. The van der Waals surface area contributed by atoms with Crippen LogP contribution in [0.2, 0.25) is 0 Å². The Bertz CT molecular complexity index is 616. The van der Waals surface area contributed by atoms with Gasteiger partial charge in [0.15, 0.2) is 0 Å². The summed E-state index contributed by atoms with van der Waals surface area (Å²) in [4.78, 5) is 18.7. The van der Waals surface area contributed by atoms with Crippen molar-refractivity contribution in [1.29, 1.82) is 0 Å². The standard InChI is InChI=1S/C16H24N4O/c1-5-20(6-2)16(21)12(3)17-11-15-18-13-9-7-8-10-14(13)19(15)4/h7-10,12,17H,5-6,11H2,1-4H3. The Kier molecular flexibility index (Phi) is 4.96. The third-order valence-corrected chi connectivity index (χ3v) is 3.89. The van der Waals surface area contributed by atoms with E-state index < -0.39 is 0 Å². The second-order valence-electron chi connectivity index (χ2n) is 5.19. The van der Waals surface area contributed by atoms with Gasteiger partial charge in [-0.15, -0.1) is 0 Å². The Morgan fingerprint density at radius 3 is 2.62 bits per heavy atom. The smallest absolute Gasteiger partial charge is 0.239 e. The molecule has 1 aromatic carbocycles.